The molecule has 39 heavy (non-hydrogen) atoms. The van der Waals surface area contributed by atoms with Gasteiger partial charge in [0.05, 0.1) is 0 Å². The molecule has 2 atom stereocenters. The van der Waals surface area contributed by atoms with E-state index in [-0.39, 0.29) is 6.71 Å². The normalized spacial score (nSPS) is 16.9. The van der Waals surface area contributed by atoms with Crippen molar-refractivity contribution in [3.05, 3.63) is 111 Å². The van der Waals surface area contributed by atoms with Gasteiger partial charge in [-0.3, -0.25) is 0 Å². The standard InChI is InChI=1S/C12H10.C9H13.C8H18N.C6H7Si.CH3.Hf/c1-3-7-11(8-4-1)12-9-5-2-6-10-12;1-6-5-7(2)9(4)8(6)3;1-2-3-4-5-6-7-8-9;7-6-4-2-1-3-5-6;;/h1-10H;6H,1-4H3;9H,2-8H2,1H3;1-5H,7H2;1H3;/q;;-1;;;+1. The first-order chi connectivity index (χ1) is 18.9. The molecule has 1 nitrogen and oxygen atoms in total. The average molecular weight is 704 g/mol. The van der Waals surface area contributed by atoms with Crippen LogP contribution in [-0.4, -0.2) is 13.3 Å². The van der Waals surface area contributed by atoms with E-state index in [2.05, 4.69) is 121 Å². The van der Waals surface area contributed by atoms with Crippen molar-refractivity contribution < 1.29 is 19.4 Å². The molecular formula is C36H51HfNSi. The van der Waals surface area contributed by atoms with Crippen LogP contribution in [0.5, 0.6) is 0 Å². The zero-order valence-corrected chi connectivity index (χ0v) is 30.4. The zero-order chi connectivity index (χ0) is 28.1. The third-order valence-electron chi connectivity index (χ3n) is 8.56. The summed E-state index contributed by atoms with van der Waals surface area (Å²) in [7, 11) is 0. The fourth-order valence-corrected chi connectivity index (χ4v) is 39.7. The van der Waals surface area contributed by atoms with Gasteiger partial charge >= 0.3 is 175 Å². The van der Waals surface area contributed by atoms with Gasteiger partial charge in [0.2, 0.25) is 0 Å². The van der Waals surface area contributed by atoms with Crippen molar-refractivity contribution in [1.29, 1.82) is 0 Å². The Labute approximate surface area is 245 Å². The quantitative estimate of drug-likeness (QED) is 0.147. The summed E-state index contributed by atoms with van der Waals surface area (Å²) < 4.78 is 8.88. The van der Waals surface area contributed by atoms with Crippen molar-refractivity contribution in [1.82, 2.24) is 3.30 Å². The number of benzene rings is 3. The SMILES string of the molecule is CCCCCCCC[NH][Hf]([CH3])([SiH2]c1ccccc1)[C]1=C(C)C(C)=C(C)C1C.c1ccc(-c2ccccc2)cc1. The molecule has 0 amide bonds. The number of allylic oxidation sites excluding steroid dienone is 4. The van der Waals surface area contributed by atoms with E-state index in [1.54, 1.807) is 21.9 Å². The van der Waals surface area contributed by atoms with Gasteiger partial charge in [-0.25, -0.2) is 0 Å². The Balaban J connectivity index is 0.000000289. The summed E-state index contributed by atoms with van der Waals surface area (Å²) in [6.07, 6.45) is 8.33. The van der Waals surface area contributed by atoms with E-state index in [9.17, 15) is 0 Å². The molecular weight excluding hydrogens is 653 g/mol. The number of unbranched alkanes of at least 4 members (excludes halogenated alkanes) is 5. The topological polar surface area (TPSA) is 12.0 Å². The second-order valence-electron chi connectivity index (χ2n) is 11.5. The monoisotopic (exact) mass is 705 g/mol. The Morgan fingerprint density at radius 2 is 1.15 bits per heavy atom. The minimum Gasteiger partial charge on any atom is -0.0622 e. The fourth-order valence-electron chi connectivity index (χ4n) is 6.04. The van der Waals surface area contributed by atoms with Gasteiger partial charge in [-0.1, -0.05) is 60.7 Å². The summed E-state index contributed by atoms with van der Waals surface area (Å²) in [5.74, 6) is 0.671. The largest absolute Gasteiger partial charge is 0.0622 e. The van der Waals surface area contributed by atoms with E-state index in [1.807, 2.05) is 15.5 Å². The molecule has 1 aliphatic carbocycles. The molecule has 208 valence electrons. The summed E-state index contributed by atoms with van der Waals surface area (Å²) in [6.45, 7) is 12.9. The second-order valence-corrected chi connectivity index (χ2v) is 40.8. The Morgan fingerprint density at radius 1 is 0.667 bits per heavy atom. The molecule has 0 fully saturated rings. The molecule has 0 saturated heterocycles. The van der Waals surface area contributed by atoms with E-state index in [1.165, 1.54) is 56.2 Å². The molecule has 0 heterocycles. The number of rotatable bonds is 12. The number of nitrogens with one attached hydrogen (secondary N) is 1. The Kier molecular flexibility index (Phi) is 13.4. The Bertz CT molecular complexity index is 1150. The van der Waals surface area contributed by atoms with Gasteiger partial charge in [0.25, 0.3) is 0 Å². The van der Waals surface area contributed by atoms with Crippen molar-refractivity contribution in [3.63, 3.8) is 0 Å². The third-order valence-corrected chi connectivity index (χ3v) is 38.2. The molecule has 0 spiro atoms. The van der Waals surface area contributed by atoms with E-state index >= 15 is 0 Å². The molecule has 4 rings (SSSR count). The van der Waals surface area contributed by atoms with Gasteiger partial charge in [0.15, 0.2) is 0 Å². The summed E-state index contributed by atoms with van der Waals surface area (Å²) in [5.41, 5.74) is 7.39. The molecule has 1 N–H and O–H groups in total. The molecule has 1 aliphatic rings. The Hall–Kier alpha value is -1.81. The predicted octanol–water partition coefficient (Wildman–Crippen LogP) is 9.08. The minimum atomic E-state index is -2.68. The summed E-state index contributed by atoms with van der Waals surface area (Å²) in [5, 5.41) is 1.66. The van der Waals surface area contributed by atoms with Gasteiger partial charge in [-0.05, 0) is 11.1 Å². The van der Waals surface area contributed by atoms with Crippen LogP contribution in [0.2, 0.25) is 4.68 Å². The number of hydrogen-bond acceptors (Lipinski definition) is 1. The maximum atomic E-state index is 4.28. The Morgan fingerprint density at radius 3 is 1.64 bits per heavy atom. The zero-order valence-electron chi connectivity index (χ0n) is 25.4. The van der Waals surface area contributed by atoms with Crippen molar-refractivity contribution >= 4 is 11.9 Å². The minimum absolute atomic E-state index is 0.253. The van der Waals surface area contributed by atoms with Gasteiger partial charge in [0, 0.05) is 0 Å². The van der Waals surface area contributed by atoms with Crippen LogP contribution in [0.3, 0.4) is 0 Å². The van der Waals surface area contributed by atoms with Crippen molar-refractivity contribution in [2.75, 3.05) is 6.54 Å². The van der Waals surface area contributed by atoms with E-state index in [4.69, 9.17) is 0 Å². The van der Waals surface area contributed by atoms with Gasteiger partial charge in [-0.15, -0.1) is 0 Å². The van der Waals surface area contributed by atoms with Crippen LogP contribution in [-0.2, 0) is 19.4 Å². The maximum Gasteiger partial charge on any atom is -0.0184 e. The second kappa shape index (κ2) is 16.5. The van der Waals surface area contributed by atoms with Crippen molar-refractivity contribution in [2.45, 2.75) is 77.8 Å². The van der Waals surface area contributed by atoms with Gasteiger partial charge < -0.3 is 0 Å². The molecule has 3 aromatic carbocycles. The predicted molar refractivity (Wildman–Crippen MR) is 174 cm³/mol. The summed E-state index contributed by atoms with van der Waals surface area (Å²) >= 11 is -2.68. The number of hydrogen-bond donors (Lipinski definition) is 1. The van der Waals surface area contributed by atoms with Crippen LogP contribution < -0.4 is 8.49 Å². The van der Waals surface area contributed by atoms with E-state index < -0.39 is 19.4 Å². The van der Waals surface area contributed by atoms with Gasteiger partial charge in [0.1, 0.15) is 0 Å². The molecule has 3 aromatic rings. The van der Waals surface area contributed by atoms with Crippen LogP contribution in [0, 0.1) is 5.92 Å². The molecule has 2 unspecified atom stereocenters. The van der Waals surface area contributed by atoms with Crippen molar-refractivity contribution in [3.8, 4) is 11.1 Å². The van der Waals surface area contributed by atoms with Crippen LogP contribution >= 0.6 is 0 Å². The van der Waals surface area contributed by atoms with Crippen LogP contribution in [0.1, 0.15) is 73.1 Å². The molecule has 0 aliphatic heterocycles. The molecule has 0 aromatic heterocycles. The van der Waals surface area contributed by atoms with Crippen molar-refractivity contribution in [2.24, 2.45) is 5.92 Å². The molecule has 0 bridgehead atoms. The van der Waals surface area contributed by atoms with Crippen LogP contribution in [0.4, 0.5) is 0 Å². The van der Waals surface area contributed by atoms with Crippen LogP contribution in [0.15, 0.2) is 111 Å². The maximum absolute atomic E-state index is 4.28. The third kappa shape index (κ3) is 9.37. The molecule has 0 saturated carbocycles. The van der Waals surface area contributed by atoms with E-state index in [0.29, 0.717) is 5.92 Å². The first kappa shape index (κ1) is 31.7. The summed E-state index contributed by atoms with van der Waals surface area (Å²) in [6, 6.07) is 32.2. The molecule has 3 heteroatoms. The van der Waals surface area contributed by atoms with Gasteiger partial charge in [-0.2, -0.15) is 0 Å². The smallest absolute Gasteiger partial charge is 0.0184 e. The first-order valence-corrected chi connectivity index (χ1v) is 31.4. The van der Waals surface area contributed by atoms with Crippen LogP contribution in [0.25, 0.3) is 11.1 Å². The fraction of sp³-hybridized carbons (Fsp3) is 0.389. The average Bonchev–Trinajstić information content (AvgIpc) is 3.17. The summed E-state index contributed by atoms with van der Waals surface area (Å²) in [4.78, 5) is 0. The molecule has 0 radical (unpaired) electrons. The van der Waals surface area contributed by atoms with E-state index in [0.717, 1.165) is 0 Å². The first-order valence-electron chi connectivity index (χ1n) is 15.2.